The Kier molecular flexibility index (Phi) is 3.18. The highest BCUT2D eigenvalue weighted by molar-refractivity contribution is 5.96. The molecule has 1 aliphatic heterocycles. The second-order valence-electron chi connectivity index (χ2n) is 4.14. The van der Waals surface area contributed by atoms with Crippen molar-refractivity contribution >= 4 is 12.1 Å². The first-order chi connectivity index (χ1) is 6.86. The number of hydrogen-bond donors (Lipinski definition) is 1. The van der Waals surface area contributed by atoms with Crippen LogP contribution in [0, 0.1) is 0 Å². The van der Waals surface area contributed by atoms with E-state index in [0.717, 1.165) is 0 Å². The van der Waals surface area contributed by atoms with Crippen LogP contribution in [-0.2, 0) is 0 Å². The minimum Gasteiger partial charge on any atom is -0.304 e. The van der Waals surface area contributed by atoms with Gasteiger partial charge in [0.05, 0.1) is 0 Å². The fraction of sp³-hybridized carbons (Fsp3) is 0.778. The van der Waals surface area contributed by atoms with Crippen molar-refractivity contribution in [2.75, 3.05) is 21.1 Å². The normalized spacial score (nSPS) is 22.7. The van der Waals surface area contributed by atoms with Crippen LogP contribution in [0.4, 0.5) is 9.59 Å². The molecule has 6 nitrogen and oxygen atoms in total. The Labute approximate surface area is 89.8 Å². The number of nitrogens with one attached hydrogen (secondary N) is 1. The molecule has 1 fully saturated rings. The SMILES string of the molecule is CC(C)N1C(=O)NC(N(C)C)N(C)C1=O. The zero-order chi connectivity index (χ0) is 11.7. The molecule has 1 atom stereocenters. The summed E-state index contributed by atoms with van der Waals surface area (Å²) < 4.78 is 0. The molecule has 1 rings (SSSR count). The number of hydrogen-bond acceptors (Lipinski definition) is 3. The molecule has 1 saturated heterocycles. The Bertz CT molecular complexity index is 277. The minimum atomic E-state index is -0.375. The summed E-state index contributed by atoms with van der Waals surface area (Å²) >= 11 is 0. The molecule has 0 bridgehead atoms. The maximum Gasteiger partial charge on any atom is 0.330 e. The number of rotatable bonds is 2. The van der Waals surface area contributed by atoms with Crippen LogP contribution in [0.15, 0.2) is 0 Å². The Morgan fingerprint density at radius 1 is 1.33 bits per heavy atom. The molecular formula is C9H18N4O2. The van der Waals surface area contributed by atoms with Crippen LogP contribution in [0.1, 0.15) is 13.8 Å². The predicted octanol–water partition coefficient (Wildman–Crippen LogP) is 0.317. The molecule has 1 heterocycles. The van der Waals surface area contributed by atoms with Gasteiger partial charge in [-0.25, -0.2) is 14.5 Å². The molecule has 0 aromatic carbocycles. The van der Waals surface area contributed by atoms with E-state index < -0.39 is 0 Å². The Morgan fingerprint density at radius 3 is 2.27 bits per heavy atom. The van der Waals surface area contributed by atoms with Gasteiger partial charge < -0.3 is 5.32 Å². The number of nitrogens with zero attached hydrogens (tertiary/aromatic N) is 3. The summed E-state index contributed by atoms with van der Waals surface area (Å²) in [6.07, 6.45) is -0.375. The molecular weight excluding hydrogens is 196 g/mol. The van der Waals surface area contributed by atoms with Crippen LogP contribution in [0.25, 0.3) is 0 Å². The van der Waals surface area contributed by atoms with E-state index in [1.165, 1.54) is 9.80 Å². The zero-order valence-electron chi connectivity index (χ0n) is 9.81. The van der Waals surface area contributed by atoms with Crippen LogP contribution >= 0.6 is 0 Å². The van der Waals surface area contributed by atoms with Crippen molar-refractivity contribution in [2.45, 2.75) is 26.2 Å². The highest BCUT2D eigenvalue weighted by atomic mass is 16.2. The van der Waals surface area contributed by atoms with E-state index in [-0.39, 0.29) is 24.4 Å². The average molecular weight is 214 g/mol. The van der Waals surface area contributed by atoms with E-state index in [1.807, 2.05) is 0 Å². The number of carbonyl (C=O) groups excluding carboxylic acids is 2. The lowest BCUT2D eigenvalue weighted by atomic mass is 10.3. The Hall–Kier alpha value is -1.30. The molecule has 15 heavy (non-hydrogen) atoms. The first-order valence-corrected chi connectivity index (χ1v) is 4.89. The summed E-state index contributed by atoms with van der Waals surface area (Å²) in [5.41, 5.74) is 0. The largest absolute Gasteiger partial charge is 0.330 e. The van der Waals surface area contributed by atoms with E-state index in [2.05, 4.69) is 5.32 Å². The van der Waals surface area contributed by atoms with Crippen LogP contribution in [0.3, 0.4) is 0 Å². The molecule has 1 N–H and O–H groups in total. The lowest BCUT2D eigenvalue weighted by Crippen LogP contribution is -2.68. The van der Waals surface area contributed by atoms with Crippen molar-refractivity contribution in [3.05, 3.63) is 0 Å². The Balaban J connectivity index is 2.89. The third-order valence-corrected chi connectivity index (χ3v) is 2.35. The molecule has 0 saturated carbocycles. The van der Waals surface area contributed by atoms with Gasteiger partial charge in [0.2, 0.25) is 0 Å². The van der Waals surface area contributed by atoms with Gasteiger partial charge in [0.25, 0.3) is 0 Å². The molecule has 1 aliphatic rings. The fourth-order valence-electron chi connectivity index (χ4n) is 1.57. The average Bonchev–Trinajstić information content (AvgIpc) is 2.10. The van der Waals surface area contributed by atoms with E-state index >= 15 is 0 Å². The summed E-state index contributed by atoms with van der Waals surface area (Å²) in [4.78, 5) is 28.0. The number of imide groups is 1. The van der Waals surface area contributed by atoms with Crippen molar-refractivity contribution in [1.29, 1.82) is 0 Å². The van der Waals surface area contributed by atoms with Crippen LogP contribution in [-0.4, -0.2) is 60.2 Å². The van der Waals surface area contributed by atoms with Gasteiger partial charge in [0.15, 0.2) is 6.29 Å². The van der Waals surface area contributed by atoms with Gasteiger partial charge >= 0.3 is 12.1 Å². The van der Waals surface area contributed by atoms with Gasteiger partial charge in [-0.1, -0.05) is 0 Å². The molecule has 0 aliphatic carbocycles. The summed E-state index contributed by atoms with van der Waals surface area (Å²) in [7, 11) is 5.28. The van der Waals surface area contributed by atoms with Gasteiger partial charge in [-0.15, -0.1) is 0 Å². The van der Waals surface area contributed by atoms with Gasteiger partial charge in [0.1, 0.15) is 0 Å². The van der Waals surface area contributed by atoms with E-state index in [0.29, 0.717) is 0 Å². The van der Waals surface area contributed by atoms with Crippen molar-refractivity contribution in [3.63, 3.8) is 0 Å². The summed E-state index contributed by atoms with van der Waals surface area (Å²) in [5.74, 6) is 0. The smallest absolute Gasteiger partial charge is 0.304 e. The van der Waals surface area contributed by atoms with Crippen LogP contribution < -0.4 is 5.32 Å². The van der Waals surface area contributed by atoms with Gasteiger partial charge in [0, 0.05) is 13.1 Å². The first kappa shape index (κ1) is 11.8. The number of urea groups is 2. The fourth-order valence-corrected chi connectivity index (χ4v) is 1.57. The van der Waals surface area contributed by atoms with Crippen molar-refractivity contribution in [3.8, 4) is 0 Å². The topological polar surface area (TPSA) is 55.9 Å². The first-order valence-electron chi connectivity index (χ1n) is 4.89. The van der Waals surface area contributed by atoms with Gasteiger partial charge in [-0.05, 0) is 27.9 Å². The maximum absolute atomic E-state index is 11.9. The molecule has 0 aromatic rings. The van der Waals surface area contributed by atoms with E-state index in [9.17, 15) is 9.59 Å². The minimum absolute atomic E-state index is 0.136. The van der Waals surface area contributed by atoms with Crippen molar-refractivity contribution in [2.24, 2.45) is 0 Å². The summed E-state index contributed by atoms with van der Waals surface area (Å²) in [6, 6.07) is -0.748. The molecule has 6 heteroatoms. The van der Waals surface area contributed by atoms with Crippen molar-refractivity contribution in [1.82, 2.24) is 20.0 Å². The lowest BCUT2D eigenvalue weighted by molar-refractivity contribution is 0.0516. The maximum atomic E-state index is 11.9. The second-order valence-corrected chi connectivity index (χ2v) is 4.14. The molecule has 0 radical (unpaired) electrons. The van der Waals surface area contributed by atoms with Crippen LogP contribution in [0.2, 0.25) is 0 Å². The highest BCUT2D eigenvalue weighted by Gasteiger charge is 2.38. The third kappa shape index (κ3) is 2.04. The molecule has 4 amide bonds. The van der Waals surface area contributed by atoms with E-state index in [1.54, 1.807) is 39.9 Å². The van der Waals surface area contributed by atoms with Gasteiger partial charge in [-0.3, -0.25) is 9.80 Å². The monoisotopic (exact) mass is 214 g/mol. The summed E-state index contributed by atoms with van der Waals surface area (Å²) in [5, 5.41) is 2.75. The molecule has 1 unspecified atom stereocenters. The third-order valence-electron chi connectivity index (χ3n) is 2.35. The molecule has 0 aromatic heterocycles. The lowest BCUT2D eigenvalue weighted by Gasteiger charge is -2.42. The number of carbonyl (C=O) groups is 2. The molecule has 0 spiro atoms. The highest BCUT2D eigenvalue weighted by Crippen LogP contribution is 2.12. The molecule has 86 valence electrons. The van der Waals surface area contributed by atoms with Crippen LogP contribution in [0.5, 0.6) is 0 Å². The summed E-state index contributed by atoms with van der Waals surface area (Å²) in [6.45, 7) is 3.61. The quantitative estimate of drug-likeness (QED) is 0.720. The van der Waals surface area contributed by atoms with Gasteiger partial charge in [-0.2, -0.15) is 0 Å². The number of amides is 4. The van der Waals surface area contributed by atoms with E-state index in [4.69, 9.17) is 0 Å². The standard InChI is InChI=1S/C9H18N4O2/c1-6(2)13-8(14)10-7(11(3)4)12(5)9(13)15/h6-7H,1-5H3,(H,10,14). The van der Waals surface area contributed by atoms with Crippen molar-refractivity contribution < 1.29 is 9.59 Å². The zero-order valence-corrected chi connectivity index (χ0v) is 9.81. The second kappa shape index (κ2) is 4.06. The predicted molar refractivity (Wildman–Crippen MR) is 56.1 cm³/mol. The Morgan fingerprint density at radius 2 is 1.87 bits per heavy atom.